The van der Waals surface area contributed by atoms with E-state index >= 15 is 0 Å². The van der Waals surface area contributed by atoms with E-state index in [0.717, 1.165) is 23.1 Å². The monoisotopic (exact) mass is 568 g/mol. The fourth-order valence-electron chi connectivity index (χ4n) is 5.20. The van der Waals surface area contributed by atoms with Gasteiger partial charge in [0.05, 0.1) is 0 Å². The van der Waals surface area contributed by atoms with Gasteiger partial charge in [0.1, 0.15) is 9.98 Å². The molecule has 0 aromatic carbocycles. The molecular formula is C34H68N2S2. The molecule has 4 heteroatoms. The van der Waals surface area contributed by atoms with Gasteiger partial charge in [-0.15, -0.1) is 0 Å². The first-order chi connectivity index (χ1) is 18.7. The molecule has 0 unspecified atom stereocenters. The molecule has 0 radical (unpaired) electrons. The summed E-state index contributed by atoms with van der Waals surface area (Å²) in [6, 6.07) is 0. The Balaban J connectivity index is 3.28. The highest BCUT2D eigenvalue weighted by Crippen LogP contribution is 2.14. The summed E-state index contributed by atoms with van der Waals surface area (Å²) in [5, 5.41) is 6.71. The second-order valence-corrected chi connectivity index (χ2v) is 12.5. The third kappa shape index (κ3) is 30.3. The summed E-state index contributed by atoms with van der Waals surface area (Å²) in [7, 11) is 0. The first-order valence-electron chi connectivity index (χ1n) is 17.3. The van der Waals surface area contributed by atoms with Gasteiger partial charge in [-0.2, -0.15) is 0 Å². The fourth-order valence-corrected chi connectivity index (χ4v) is 5.55. The van der Waals surface area contributed by atoms with E-state index in [1.165, 1.54) is 180 Å². The Bertz CT molecular complexity index is 451. The summed E-state index contributed by atoms with van der Waals surface area (Å²) in [4.78, 5) is 1.47. The Morgan fingerprint density at radius 2 is 0.500 bits per heavy atom. The largest absolute Gasteiger partial charge is 0.374 e. The van der Waals surface area contributed by atoms with Gasteiger partial charge in [0.2, 0.25) is 0 Å². The molecule has 0 aromatic heterocycles. The molecule has 0 fully saturated rings. The number of nitrogens with one attached hydrogen (secondary N) is 2. The van der Waals surface area contributed by atoms with Gasteiger partial charge < -0.3 is 10.6 Å². The first kappa shape index (κ1) is 37.8. The van der Waals surface area contributed by atoms with Gasteiger partial charge in [-0.05, 0) is 12.8 Å². The van der Waals surface area contributed by atoms with Gasteiger partial charge in [-0.1, -0.05) is 205 Å². The maximum atomic E-state index is 5.47. The average Bonchev–Trinajstić information content (AvgIpc) is 2.92. The van der Waals surface area contributed by atoms with Crippen molar-refractivity contribution in [2.24, 2.45) is 0 Å². The van der Waals surface area contributed by atoms with Crippen LogP contribution in [0.2, 0.25) is 0 Å². The number of unbranched alkanes of at least 4 members (excludes halogenated alkanes) is 26. The topological polar surface area (TPSA) is 24.1 Å². The second-order valence-electron chi connectivity index (χ2n) is 11.7. The molecule has 0 heterocycles. The molecule has 0 rings (SSSR count). The van der Waals surface area contributed by atoms with Gasteiger partial charge in [-0.25, -0.2) is 0 Å². The number of thiocarbonyl (C=S) groups is 2. The zero-order chi connectivity index (χ0) is 27.8. The van der Waals surface area contributed by atoms with E-state index in [9.17, 15) is 0 Å². The van der Waals surface area contributed by atoms with Gasteiger partial charge in [0, 0.05) is 13.1 Å². The SMILES string of the molecule is CCCCCCCCCCCCCCCCNC(=S)C(=S)NCCCCCCCCCCCCCCCC. The molecule has 0 amide bonds. The van der Waals surface area contributed by atoms with Crippen LogP contribution in [0, 0.1) is 0 Å². The highest BCUT2D eigenvalue weighted by molar-refractivity contribution is 7.89. The van der Waals surface area contributed by atoms with Crippen molar-refractivity contribution in [1.82, 2.24) is 10.6 Å². The average molecular weight is 569 g/mol. The predicted octanol–water partition coefficient (Wildman–Crippen LogP) is 11.8. The highest BCUT2D eigenvalue weighted by Gasteiger charge is 2.03. The minimum Gasteiger partial charge on any atom is -0.374 e. The van der Waals surface area contributed by atoms with E-state index < -0.39 is 0 Å². The molecule has 2 nitrogen and oxygen atoms in total. The lowest BCUT2D eigenvalue weighted by Gasteiger charge is -2.11. The molecule has 0 aliphatic heterocycles. The Kier molecular flexibility index (Phi) is 32.8. The Hall–Kier alpha value is -0.220. The maximum absolute atomic E-state index is 5.47. The van der Waals surface area contributed by atoms with Crippen molar-refractivity contribution in [3.8, 4) is 0 Å². The van der Waals surface area contributed by atoms with Crippen LogP contribution in [0.15, 0.2) is 0 Å². The van der Waals surface area contributed by atoms with Crippen LogP contribution in [0.1, 0.15) is 194 Å². The van der Waals surface area contributed by atoms with Crippen molar-refractivity contribution in [1.29, 1.82) is 0 Å². The normalized spacial score (nSPS) is 11.1. The summed E-state index contributed by atoms with van der Waals surface area (Å²) < 4.78 is 0. The zero-order valence-corrected chi connectivity index (χ0v) is 27.7. The summed E-state index contributed by atoms with van der Waals surface area (Å²) in [6.45, 7) is 6.50. The van der Waals surface area contributed by atoms with Crippen molar-refractivity contribution in [2.75, 3.05) is 13.1 Å². The van der Waals surface area contributed by atoms with Gasteiger partial charge in [0.15, 0.2) is 0 Å². The molecule has 0 saturated carbocycles. The van der Waals surface area contributed by atoms with Crippen LogP contribution in [0.4, 0.5) is 0 Å². The van der Waals surface area contributed by atoms with Crippen LogP contribution >= 0.6 is 24.4 Å². The van der Waals surface area contributed by atoms with Gasteiger partial charge >= 0.3 is 0 Å². The lowest BCUT2D eigenvalue weighted by molar-refractivity contribution is 0.535. The fraction of sp³-hybridized carbons (Fsp3) is 0.941. The molecule has 0 aliphatic rings. The van der Waals surface area contributed by atoms with E-state index in [4.69, 9.17) is 24.4 Å². The molecule has 0 spiro atoms. The standard InChI is InChI=1S/C34H68N2S2/c1-3-5-7-9-11-13-15-17-19-21-23-25-27-29-31-35-33(37)34(38)36-32-30-28-26-24-22-20-18-16-14-12-10-8-6-4-2/h3-32H2,1-2H3,(H,35,37)(H,36,38). The van der Waals surface area contributed by atoms with E-state index in [-0.39, 0.29) is 0 Å². The summed E-state index contributed by atoms with van der Waals surface area (Å²) >= 11 is 10.9. The zero-order valence-electron chi connectivity index (χ0n) is 26.0. The number of hydrogen-bond donors (Lipinski definition) is 2. The van der Waals surface area contributed by atoms with E-state index in [1.807, 2.05) is 0 Å². The summed E-state index contributed by atoms with van der Waals surface area (Å²) in [5.41, 5.74) is 0. The predicted molar refractivity (Wildman–Crippen MR) is 182 cm³/mol. The van der Waals surface area contributed by atoms with E-state index in [2.05, 4.69) is 24.5 Å². The van der Waals surface area contributed by atoms with Crippen LogP contribution in [-0.2, 0) is 0 Å². The van der Waals surface area contributed by atoms with E-state index in [0.29, 0.717) is 0 Å². The Morgan fingerprint density at radius 1 is 0.316 bits per heavy atom. The van der Waals surface area contributed by atoms with Crippen molar-refractivity contribution in [3.05, 3.63) is 0 Å². The third-order valence-corrected chi connectivity index (χ3v) is 8.66. The quantitative estimate of drug-likeness (QED) is 0.0664. The van der Waals surface area contributed by atoms with Crippen molar-refractivity contribution in [3.63, 3.8) is 0 Å². The summed E-state index contributed by atoms with van der Waals surface area (Å²) in [5.74, 6) is 0. The molecule has 38 heavy (non-hydrogen) atoms. The molecule has 226 valence electrons. The summed E-state index contributed by atoms with van der Waals surface area (Å²) in [6.07, 6.45) is 39.1. The smallest absolute Gasteiger partial charge is 0.134 e. The van der Waals surface area contributed by atoms with Crippen molar-refractivity contribution in [2.45, 2.75) is 194 Å². The second kappa shape index (κ2) is 33.0. The highest BCUT2D eigenvalue weighted by atomic mass is 32.1. The van der Waals surface area contributed by atoms with Crippen LogP contribution in [0.25, 0.3) is 0 Å². The molecule has 0 saturated heterocycles. The minimum atomic E-state index is 0.736. The molecule has 0 aliphatic carbocycles. The minimum absolute atomic E-state index is 0.736. The van der Waals surface area contributed by atoms with E-state index in [1.54, 1.807) is 0 Å². The van der Waals surface area contributed by atoms with Crippen LogP contribution in [0.5, 0.6) is 0 Å². The number of hydrogen-bond acceptors (Lipinski definition) is 2. The Morgan fingerprint density at radius 3 is 0.711 bits per heavy atom. The molecular weight excluding hydrogens is 501 g/mol. The third-order valence-electron chi connectivity index (χ3n) is 7.84. The lowest BCUT2D eigenvalue weighted by Crippen LogP contribution is -2.38. The number of rotatable bonds is 30. The Labute approximate surface area is 251 Å². The molecule has 2 N–H and O–H groups in total. The van der Waals surface area contributed by atoms with Crippen LogP contribution in [0.3, 0.4) is 0 Å². The van der Waals surface area contributed by atoms with Crippen molar-refractivity contribution < 1.29 is 0 Å². The van der Waals surface area contributed by atoms with Crippen LogP contribution < -0.4 is 10.6 Å². The lowest BCUT2D eigenvalue weighted by atomic mass is 10.0. The molecule has 0 aromatic rings. The molecule has 0 bridgehead atoms. The maximum Gasteiger partial charge on any atom is 0.134 e. The van der Waals surface area contributed by atoms with Crippen molar-refractivity contribution >= 4 is 34.4 Å². The van der Waals surface area contributed by atoms with Crippen LogP contribution in [-0.4, -0.2) is 23.1 Å². The molecule has 0 atom stereocenters. The van der Waals surface area contributed by atoms with Gasteiger partial charge in [-0.3, -0.25) is 0 Å². The van der Waals surface area contributed by atoms with Gasteiger partial charge in [0.25, 0.3) is 0 Å². The first-order valence-corrected chi connectivity index (χ1v) is 18.1.